The van der Waals surface area contributed by atoms with Gasteiger partial charge < -0.3 is 9.80 Å². The second-order valence-corrected chi connectivity index (χ2v) is 7.93. The van der Waals surface area contributed by atoms with Gasteiger partial charge in [-0.1, -0.05) is 71.0 Å². The van der Waals surface area contributed by atoms with Crippen LogP contribution in [0.3, 0.4) is 0 Å². The molecule has 3 nitrogen and oxygen atoms in total. The van der Waals surface area contributed by atoms with Crippen LogP contribution in [-0.2, 0) is 11.2 Å². The van der Waals surface area contributed by atoms with Gasteiger partial charge in [0.25, 0.3) is 0 Å². The van der Waals surface area contributed by atoms with E-state index in [4.69, 9.17) is 0 Å². The molecule has 0 unspecified atom stereocenters. The summed E-state index contributed by atoms with van der Waals surface area (Å²) in [5, 5.41) is 0. The average Bonchev–Trinajstić information content (AvgIpc) is 2.70. The standard InChI is InChI=1S/C20H30N2O/c1-15(2)12-13-22-17(14-16-10-8-7-9-11-16)18(23)21(6)19(22)20(3,4)5/h7-13,15,17,19H,14H2,1-6H3/b13-12+/t17-,19+/m1/s1. The highest BCUT2D eigenvalue weighted by atomic mass is 16.2. The fourth-order valence-electron chi connectivity index (χ4n) is 3.37. The highest BCUT2D eigenvalue weighted by Gasteiger charge is 2.47. The minimum atomic E-state index is -0.123. The number of nitrogens with zero attached hydrogens (tertiary/aromatic N) is 2. The Morgan fingerprint density at radius 1 is 1.17 bits per heavy atom. The summed E-state index contributed by atoms with van der Waals surface area (Å²) in [7, 11) is 1.93. The monoisotopic (exact) mass is 314 g/mol. The van der Waals surface area contributed by atoms with Gasteiger partial charge in [0.2, 0.25) is 5.91 Å². The van der Waals surface area contributed by atoms with Crippen LogP contribution in [-0.4, -0.2) is 35.0 Å². The van der Waals surface area contributed by atoms with Gasteiger partial charge >= 0.3 is 0 Å². The van der Waals surface area contributed by atoms with Crippen LogP contribution in [0.2, 0.25) is 0 Å². The number of hydrogen-bond acceptors (Lipinski definition) is 2. The lowest BCUT2D eigenvalue weighted by atomic mass is 9.91. The van der Waals surface area contributed by atoms with Crippen molar-refractivity contribution < 1.29 is 4.79 Å². The van der Waals surface area contributed by atoms with Crippen molar-refractivity contribution in [3.8, 4) is 0 Å². The molecule has 2 atom stereocenters. The Morgan fingerprint density at radius 2 is 1.78 bits per heavy atom. The lowest BCUT2D eigenvalue weighted by Crippen LogP contribution is -2.46. The van der Waals surface area contributed by atoms with Gasteiger partial charge in [0.05, 0.1) is 0 Å². The number of rotatable bonds is 4. The zero-order chi connectivity index (χ0) is 17.2. The summed E-state index contributed by atoms with van der Waals surface area (Å²) < 4.78 is 0. The van der Waals surface area contributed by atoms with Crippen LogP contribution in [0.15, 0.2) is 42.6 Å². The molecule has 1 saturated heterocycles. The molecule has 1 aromatic rings. The molecular formula is C20H30N2O. The molecule has 126 valence electrons. The van der Waals surface area contributed by atoms with Crippen LogP contribution < -0.4 is 0 Å². The minimum Gasteiger partial charge on any atom is -0.345 e. The summed E-state index contributed by atoms with van der Waals surface area (Å²) in [6, 6.07) is 10.2. The zero-order valence-corrected chi connectivity index (χ0v) is 15.3. The molecule has 0 aliphatic carbocycles. The van der Waals surface area contributed by atoms with E-state index >= 15 is 0 Å². The molecular weight excluding hydrogens is 284 g/mol. The van der Waals surface area contributed by atoms with E-state index < -0.39 is 0 Å². The van der Waals surface area contributed by atoms with Gasteiger partial charge in [0.1, 0.15) is 12.2 Å². The van der Waals surface area contributed by atoms with Gasteiger partial charge in [-0.3, -0.25) is 4.79 Å². The van der Waals surface area contributed by atoms with Crippen molar-refractivity contribution in [2.45, 2.75) is 53.2 Å². The number of likely N-dealkylation sites (N-methyl/N-ethyl adjacent to an activating group) is 1. The Balaban J connectivity index is 2.35. The molecule has 0 spiro atoms. The van der Waals surface area contributed by atoms with E-state index in [2.05, 4.69) is 63.9 Å². The van der Waals surface area contributed by atoms with Crippen molar-refractivity contribution in [3.63, 3.8) is 0 Å². The maximum absolute atomic E-state index is 12.9. The van der Waals surface area contributed by atoms with Crippen LogP contribution in [0.4, 0.5) is 0 Å². The summed E-state index contributed by atoms with van der Waals surface area (Å²) in [6.45, 7) is 10.9. The van der Waals surface area contributed by atoms with E-state index in [1.165, 1.54) is 5.56 Å². The molecule has 0 aromatic heterocycles. The lowest BCUT2D eigenvalue weighted by Gasteiger charge is -2.38. The lowest BCUT2D eigenvalue weighted by molar-refractivity contribution is -0.129. The number of allylic oxidation sites excluding steroid dienone is 1. The first-order valence-electron chi connectivity index (χ1n) is 8.48. The van der Waals surface area contributed by atoms with Crippen molar-refractivity contribution in [1.29, 1.82) is 0 Å². The van der Waals surface area contributed by atoms with E-state index in [-0.39, 0.29) is 23.5 Å². The quantitative estimate of drug-likeness (QED) is 0.841. The Hall–Kier alpha value is -1.77. The molecule has 0 saturated carbocycles. The third-order valence-corrected chi connectivity index (χ3v) is 4.33. The largest absolute Gasteiger partial charge is 0.345 e. The highest BCUT2D eigenvalue weighted by molar-refractivity contribution is 5.84. The zero-order valence-electron chi connectivity index (χ0n) is 15.3. The molecule has 1 fully saturated rings. The first kappa shape index (κ1) is 17.6. The Labute approximate surface area is 141 Å². The van der Waals surface area contributed by atoms with Crippen molar-refractivity contribution in [2.24, 2.45) is 11.3 Å². The van der Waals surface area contributed by atoms with Crippen LogP contribution >= 0.6 is 0 Å². The minimum absolute atomic E-state index is 0.00281. The molecule has 0 radical (unpaired) electrons. The Kier molecular flexibility index (Phi) is 5.18. The summed E-state index contributed by atoms with van der Waals surface area (Å²) in [6.07, 6.45) is 5.15. The van der Waals surface area contributed by atoms with E-state index in [1.54, 1.807) is 0 Å². The molecule has 1 aliphatic heterocycles. The molecule has 0 bridgehead atoms. The second-order valence-electron chi connectivity index (χ2n) is 7.93. The van der Waals surface area contributed by atoms with Gasteiger partial charge in [-0.05, 0) is 17.7 Å². The van der Waals surface area contributed by atoms with Gasteiger partial charge in [-0.25, -0.2) is 0 Å². The van der Waals surface area contributed by atoms with Crippen LogP contribution in [0.25, 0.3) is 0 Å². The number of hydrogen-bond donors (Lipinski definition) is 0. The number of benzene rings is 1. The van der Waals surface area contributed by atoms with E-state index in [1.807, 2.05) is 30.1 Å². The highest BCUT2D eigenvalue weighted by Crippen LogP contribution is 2.35. The topological polar surface area (TPSA) is 23.6 Å². The molecule has 2 rings (SSSR count). The fourth-order valence-corrected chi connectivity index (χ4v) is 3.37. The normalized spacial score (nSPS) is 22.7. The van der Waals surface area contributed by atoms with Gasteiger partial charge in [0, 0.05) is 18.9 Å². The number of amides is 1. The number of carbonyl (C=O) groups is 1. The van der Waals surface area contributed by atoms with Gasteiger partial charge in [0.15, 0.2) is 0 Å². The third kappa shape index (κ3) is 3.95. The van der Waals surface area contributed by atoms with Gasteiger partial charge in [-0.2, -0.15) is 0 Å². The molecule has 0 N–H and O–H groups in total. The predicted octanol–water partition coefficient (Wildman–Crippen LogP) is 3.91. The Morgan fingerprint density at radius 3 is 2.30 bits per heavy atom. The predicted molar refractivity (Wildman–Crippen MR) is 95.8 cm³/mol. The third-order valence-electron chi connectivity index (χ3n) is 4.33. The maximum Gasteiger partial charge on any atom is 0.247 e. The molecule has 23 heavy (non-hydrogen) atoms. The molecule has 1 heterocycles. The van der Waals surface area contributed by atoms with Crippen LogP contribution in [0.1, 0.15) is 40.2 Å². The van der Waals surface area contributed by atoms with Crippen LogP contribution in [0.5, 0.6) is 0 Å². The van der Waals surface area contributed by atoms with E-state index in [0.29, 0.717) is 5.92 Å². The maximum atomic E-state index is 12.9. The smallest absolute Gasteiger partial charge is 0.247 e. The molecule has 3 heteroatoms. The second kappa shape index (κ2) is 6.77. The van der Waals surface area contributed by atoms with Gasteiger partial charge in [-0.15, -0.1) is 0 Å². The van der Waals surface area contributed by atoms with Crippen LogP contribution in [0, 0.1) is 11.3 Å². The molecule has 1 aliphatic rings. The first-order valence-corrected chi connectivity index (χ1v) is 8.48. The van der Waals surface area contributed by atoms with Crippen molar-refractivity contribution in [2.75, 3.05) is 7.05 Å². The Bertz CT molecular complexity index is 557. The summed E-state index contributed by atoms with van der Waals surface area (Å²) in [5.74, 6) is 0.677. The van der Waals surface area contributed by atoms with Crippen molar-refractivity contribution >= 4 is 5.91 Å². The SMILES string of the molecule is CC(C)/C=C/N1[C@H](Cc2ccccc2)C(=O)N(C)[C@@H]1C(C)(C)C. The summed E-state index contributed by atoms with van der Waals surface area (Å²) in [5.41, 5.74) is 1.20. The van der Waals surface area contributed by atoms with Crippen molar-refractivity contribution in [1.82, 2.24) is 9.80 Å². The van der Waals surface area contributed by atoms with Crippen molar-refractivity contribution in [3.05, 3.63) is 48.2 Å². The van der Waals surface area contributed by atoms with E-state index in [9.17, 15) is 4.79 Å². The first-order chi connectivity index (χ1) is 10.7. The number of carbonyl (C=O) groups excluding carboxylic acids is 1. The fraction of sp³-hybridized carbons (Fsp3) is 0.550. The molecule has 1 amide bonds. The molecule has 1 aromatic carbocycles. The summed E-state index contributed by atoms with van der Waals surface area (Å²) >= 11 is 0. The van der Waals surface area contributed by atoms with E-state index in [0.717, 1.165) is 6.42 Å². The summed E-state index contributed by atoms with van der Waals surface area (Å²) in [4.78, 5) is 17.0. The average molecular weight is 314 g/mol.